The first kappa shape index (κ1) is 18.2. The summed E-state index contributed by atoms with van der Waals surface area (Å²) in [5.74, 6) is 1.74. The van der Waals surface area contributed by atoms with Crippen LogP contribution < -0.4 is 10.2 Å². The van der Waals surface area contributed by atoms with Crippen LogP contribution in [0.2, 0.25) is 0 Å². The van der Waals surface area contributed by atoms with Crippen molar-refractivity contribution in [2.75, 3.05) is 43.9 Å². The van der Waals surface area contributed by atoms with Crippen molar-refractivity contribution in [2.45, 2.75) is 26.2 Å². The van der Waals surface area contributed by atoms with Crippen LogP contribution in [0.5, 0.6) is 0 Å². The Morgan fingerprint density at radius 1 is 1.15 bits per heavy atom. The van der Waals surface area contributed by atoms with Crippen molar-refractivity contribution >= 4 is 17.7 Å². The average Bonchev–Trinajstić information content (AvgIpc) is 2.85. The summed E-state index contributed by atoms with van der Waals surface area (Å²) in [6.45, 7) is 3.89. The third kappa shape index (κ3) is 4.31. The molecule has 2 aromatic rings. The van der Waals surface area contributed by atoms with Crippen molar-refractivity contribution in [2.24, 2.45) is 0 Å². The van der Waals surface area contributed by atoms with E-state index in [1.807, 2.05) is 30.0 Å². The van der Waals surface area contributed by atoms with Crippen LogP contribution in [0.4, 0.5) is 11.8 Å². The van der Waals surface area contributed by atoms with Gasteiger partial charge >= 0.3 is 0 Å². The molecule has 1 aliphatic rings. The number of hydrogen-bond donors (Lipinski definition) is 1. The van der Waals surface area contributed by atoms with Gasteiger partial charge in [-0.2, -0.15) is 4.98 Å². The first-order valence-corrected chi connectivity index (χ1v) is 9.15. The van der Waals surface area contributed by atoms with E-state index in [2.05, 4.69) is 29.6 Å². The number of nitrogens with zero attached hydrogens (tertiary/aromatic N) is 4. The highest BCUT2D eigenvalue weighted by Gasteiger charge is 2.21. The Kier molecular flexibility index (Phi) is 5.71. The fraction of sp³-hybridized carbons (Fsp3) is 0.450. The van der Waals surface area contributed by atoms with Crippen LogP contribution in [0.15, 0.2) is 30.3 Å². The number of fused-ring (bicyclic) bond motifs is 1. The summed E-state index contributed by atoms with van der Waals surface area (Å²) < 4.78 is 0. The van der Waals surface area contributed by atoms with Gasteiger partial charge in [0.1, 0.15) is 5.82 Å². The van der Waals surface area contributed by atoms with Crippen molar-refractivity contribution in [1.82, 2.24) is 14.9 Å². The average molecular weight is 353 g/mol. The van der Waals surface area contributed by atoms with E-state index in [0.717, 1.165) is 56.0 Å². The molecule has 6 nitrogen and oxygen atoms in total. The first-order valence-electron chi connectivity index (χ1n) is 9.15. The van der Waals surface area contributed by atoms with Gasteiger partial charge in [0, 0.05) is 52.6 Å². The molecule has 0 atom stereocenters. The summed E-state index contributed by atoms with van der Waals surface area (Å²) in [4.78, 5) is 25.0. The molecule has 26 heavy (non-hydrogen) atoms. The molecule has 0 unspecified atom stereocenters. The molecule has 6 heteroatoms. The third-order valence-electron chi connectivity index (χ3n) is 4.73. The highest BCUT2D eigenvalue weighted by Crippen LogP contribution is 2.24. The van der Waals surface area contributed by atoms with Crippen LogP contribution in [0.25, 0.3) is 0 Å². The smallest absolute Gasteiger partial charge is 0.227 e. The Balaban J connectivity index is 1.79. The Labute approximate surface area is 155 Å². The lowest BCUT2D eigenvalue weighted by Gasteiger charge is -2.18. The van der Waals surface area contributed by atoms with E-state index in [0.29, 0.717) is 5.95 Å². The standard InChI is InChI=1S/C20H27N5O/c1-15(26)25-13-10-17-18(11-14-25)22-20(24(2)3)23-19(17)21-12-9-16-7-5-4-6-8-16/h4-8H,9-14H2,1-3H3,(H,21,22,23). The van der Waals surface area contributed by atoms with Crippen LogP contribution >= 0.6 is 0 Å². The van der Waals surface area contributed by atoms with Gasteiger partial charge in [0.05, 0.1) is 5.69 Å². The maximum atomic E-state index is 11.8. The molecule has 1 aromatic heterocycles. The van der Waals surface area contributed by atoms with E-state index in [1.165, 1.54) is 5.56 Å². The van der Waals surface area contributed by atoms with Crippen LogP contribution in [0.3, 0.4) is 0 Å². The lowest BCUT2D eigenvalue weighted by molar-refractivity contribution is -0.128. The van der Waals surface area contributed by atoms with Gasteiger partial charge in [0.15, 0.2) is 0 Å². The molecular formula is C20H27N5O. The number of nitrogens with one attached hydrogen (secondary N) is 1. The summed E-state index contributed by atoms with van der Waals surface area (Å²) in [6.07, 6.45) is 2.50. The monoisotopic (exact) mass is 353 g/mol. The zero-order chi connectivity index (χ0) is 18.5. The minimum Gasteiger partial charge on any atom is -0.369 e. The van der Waals surface area contributed by atoms with Gasteiger partial charge in [0.25, 0.3) is 0 Å². The van der Waals surface area contributed by atoms with Gasteiger partial charge in [0.2, 0.25) is 11.9 Å². The predicted molar refractivity (Wildman–Crippen MR) is 105 cm³/mol. The van der Waals surface area contributed by atoms with Crippen LogP contribution in [-0.2, 0) is 24.1 Å². The Morgan fingerprint density at radius 2 is 1.88 bits per heavy atom. The third-order valence-corrected chi connectivity index (χ3v) is 4.73. The van der Waals surface area contributed by atoms with Gasteiger partial charge in [-0.05, 0) is 18.4 Å². The Bertz CT molecular complexity index is 760. The molecule has 138 valence electrons. The van der Waals surface area contributed by atoms with Gasteiger partial charge in [-0.3, -0.25) is 4.79 Å². The molecule has 0 fully saturated rings. The van der Waals surface area contributed by atoms with E-state index in [1.54, 1.807) is 6.92 Å². The van der Waals surface area contributed by atoms with E-state index in [-0.39, 0.29) is 5.91 Å². The lowest BCUT2D eigenvalue weighted by Crippen LogP contribution is -2.31. The number of aromatic nitrogens is 2. The number of carbonyl (C=O) groups excluding carboxylic acids is 1. The normalized spacial score (nSPS) is 13.7. The van der Waals surface area contributed by atoms with Crippen molar-refractivity contribution in [3.05, 3.63) is 47.2 Å². The van der Waals surface area contributed by atoms with Crippen LogP contribution in [0.1, 0.15) is 23.7 Å². The molecule has 3 rings (SSSR count). The molecule has 0 saturated carbocycles. The largest absolute Gasteiger partial charge is 0.369 e. The van der Waals surface area contributed by atoms with Gasteiger partial charge in [-0.15, -0.1) is 0 Å². The Hall–Kier alpha value is -2.63. The van der Waals surface area contributed by atoms with E-state index >= 15 is 0 Å². The molecule has 0 bridgehead atoms. The predicted octanol–water partition coefficient (Wildman–Crippen LogP) is 2.14. The van der Waals surface area contributed by atoms with E-state index < -0.39 is 0 Å². The number of benzene rings is 1. The van der Waals surface area contributed by atoms with Crippen LogP contribution in [-0.4, -0.2) is 54.5 Å². The highest BCUT2D eigenvalue weighted by atomic mass is 16.2. The van der Waals surface area contributed by atoms with Gasteiger partial charge < -0.3 is 15.1 Å². The summed E-state index contributed by atoms with van der Waals surface area (Å²) >= 11 is 0. The lowest BCUT2D eigenvalue weighted by atomic mass is 10.1. The van der Waals surface area contributed by atoms with Crippen molar-refractivity contribution < 1.29 is 4.79 Å². The summed E-state index contributed by atoms with van der Waals surface area (Å²) in [6, 6.07) is 10.4. The maximum Gasteiger partial charge on any atom is 0.227 e. The number of amides is 1. The quantitative estimate of drug-likeness (QED) is 0.892. The first-order chi connectivity index (χ1) is 12.5. The molecule has 1 amide bonds. The number of rotatable bonds is 5. The molecule has 1 aromatic carbocycles. The van der Waals surface area contributed by atoms with E-state index in [4.69, 9.17) is 9.97 Å². The second-order valence-corrected chi connectivity index (χ2v) is 6.86. The fourth-order valence-corrected chi connectivity index (χ4v) is 3.22. The number of carbonyl (C=O) groups is 1. The Morgan fingerprint density at radius 3 is 2.58 bits per heavy atom. The summed E-state index contributed by atoms with van der Waals surface area (Å²) in [7, 11) is 3.90. The minimum atomic E-state index is 0.122. The van der Waals surface area contributed by atoms with Crippen LogP contribution in [0, 0.1) is 0 Å². The topological polar surface area (TPSA) is 61.4 Å². The number of hydrogen-bond acceptors (Lipinski definition) is 5. The zero-order valence-electron chi connectivity index (χ0n) is 15.8. The molecule has 0 radical (unpaired) electrons. The zero-order valence-corrected chi connectivity index (χ0v) is 15.8. The van der Waals surface area contributed by atoms with Gasteiger partial charge in [-0.25, -0.2) is 4.98 Å². The summed E-state index contributed by atoms with van der Waals surface area (Å²) in [5, 5.41) is 3.51. The molecular weight excluding hydrogens is 326 g/mol. The van der Waals surface area contributed by atoms with Crippen molar-refractivity contribution in [1.29, 1.82) is 0 Å². The molecule has 2 heterocycles. The molecule has 1 aliphatic heterocycles. The summed E-state index contributed by atoms with van der Waals surface area (Å²) in [5.41, 5.74) is 3.50. The molecule has 0 spiro atoms. The van der Waals surface area contributed by atoms with E-state index in [9.17, 15) is 4.79 Å². The molecule has 0 aliphatic carbocycles. The molecule has 0 saturated heterocycles. The SMILES string of the molecule is CC(=O)N1CCc2nc(N(C)C)nc(NCCc3ccccc3)c2CC1. The molecule has 1 N–H and O–H groups in total. The number of anilines is 2. The second-order valence-electron chi connectivity index (χ2n) is 6.86. The second kappa shape index (κ2) is 8.17. The highest BCUT2D eigenvalue weighted by molar-refractivity contribution is 5.73. The van der Waals surface area contributed by atoms with Gasteiger partial charge in [-0.1, -0.05) is 30.3 Å². The maximum absolute atomic E-state index is 11.8. The minimum absolute atomic E-state index is 0.122. The van der Waals surface area contributed by atoms with Crippen molar-refractivity contribution in [3.63, 3.8) is 0 Å². The van der Waals surface area contributed by atoms with Crippen molar-refractivity contribution in [3.8, 4) is 0 Å². The fourth-order valence-electron chi connectivity index (χ4n) is 3.22.